The van der Waals surface area contributed by atoms with Crippen molar-refractivity contribution in [1.82, 2.24) is 0 Å². The molecule has 18 heavy (non-hydrogen) atoms. The third kappa shape index (κ3) is 2.74. The molecule has 0 spiro atoms. The molecule has 0 aromatic heterocycles. The predicted molar refractivity (Wildman–Crippen MR) is 75.7 cm³/mol. The van der Waals surface area contributed by atoms with Crippen LogP contribution in [0.15, 0.2) is 40.9 Å². The molecular formula is C15H15BrO2. The SMILES string of the molecule is Cc1ccccc1Cc1cc(Br)c(O)c(CO)c1. The molecule has 94 valence electrons. The van der Waals surface area contributed by atoms with Gasteiger partial charge in [-0.25, -0.2) is 0 Å². The van der Waals surface area contributed by atoms with Crippen LogP contribution in [0, 0.1) is 6.92 Å². The molecule has 0 aliphatic carbocycles. The summed E-state index contributed by atoms with van der Waals surface area (Å²) in [7, 11) is 0. The summed E-state index contributed by atoms with van der Waals surface area (Å²) in [5, 5.41) is 18.9. The Bertz CT molecular complexity index is 564. The van der Waals surface area contributed by atoms with Crippen LogP contribution in [0.25, 0.3) is 0 Å². The standard InChI is InChI=1S/C15H15BrO2/c1-10-4-2-3-5-12(10)6-11-7-13(9-17)15(18)14(16)8-11/h2-5,7-8,17-18H,6,9H2,1H3. The molecule has 0 aliphatic rings. The number of rotatable bonds is 3. The van der Waals surface area contributed by atoms with Crippen molar-refractivity contribution in [2.24, 2.45) is 0 Å². The number of halogens is 1. The fourth-order valence-corrected chi connectivity index (χ4v) is 2.52. The molecular weight excluding hydrogens is 292 g/mol. The normalized spacial score (nSPS) is 10.6. The van der Waals surface area contributed by atoms with Gasteiger partial charge in [0.2, 0.25) is 0 Å². The molecule has 2 rings (SSSR count). The highest BCUT2D eigenvalue weighted by molar-refractivity contribution is 9.10. The monoisotopic (exact) mass is 306 g/mol. The predicted octanol–water partition coefficient (Wildman–Crippen LogP) is 3.55. The molecule has 2 aromatic rings. The summed E-state index contributed by atoms with van der Waals surface area (Å²) in [5.74, 6) is 0.117. The summed E-state index contributed by atoms with van der Waals surface area (Å²) < 4.78 is 0.623. The van der Waals surface area contributed by atoms with Crippen molar-refractivity contribution in [1.29, 1.82) is 0 Å². The molecule has 0 fully saturated rings. The van der Waals surface area contributed by atoms with Crippen molar-refractivity contribution in [2.45, 2.75) is 20.0 Å². The van der Waals surface area contributed by atoms with Gasteiger partial charge < -0.3 is 10.2 Å². The third-order valence-electron chi connectivity index (χ3n) is 3.03. The summed E-state index contributed by atoms with van der Waals surface area (Å²) in [6.07, 6.45) is 0.790. The zero-order chi connectivity index (χ0) is 13.1. The van der Waals surface area contributed by atoms with E-state index in [1.165, 1.54) is 11.1 Å². The zero-order valence-corrected chi connectivity index (χ0v) is 11.7. The van der Waals surface area contributed by atoms with E-state index in [1.54, 1.807) is 0 Å². The first-order chi connectivity index (χ1) is 8.61. The summed E-state index contributed by atoms with van der Waals surface area (Å²) in [4.78, 5) is 0. The van der Waals surface area contributed by atoms with Gasteiger partial charge in [0.15, 0.2) is 0 Å². The minimum absolute atomic E-state index is 0.117. The van der Waals surface area contributed by atoms with Crippen LogP contribution < -0.4 is 0 Å². The molecule has 0 unspecified atom stereocenters. The van der Waals surface area contributed by atoms with Gasteiger partial charge in [0.05, 0.1) is 11.1 Å². The van der Waals surface area contributed by atoms with Gasteiger partial charge in [-0.15, -0.1) is 0 Å². The van der Waals surface area contributed by atoms with Crippen LogP contribution in [0.5, 0.6) is 5.75 Å². The maximum atomic E-state index is 9.74. The van der Waals surface area contributed by atoms with E-state index in [-0.39, 0.29) is 12.4 Å². The number of aliphatic hydroxyl groups is 1. The Labute approximate surface area is 115 Å². The number of aryl methyl sites for hydroxylation is 1. The maximum absolute atomic E-state index is 9.74. The molecule has 0 bridgehead atoms. The van der Waals surface area contributed by atoms with Crippen LogP contribution in [-0.2, 0) is 13.0 Å². The largest absolute Gasteiger partial charge is 0.506 e. The number of benzene rings is 2. The van der Waals surface area contributed by atoms with Crippen molar-refractivity contribution in [3.05, 3.63) is 63.1 Å². The lowest BCUT2D eigenvalue weighted by Crippen LogP contribution is -1.94. The molecule has 2 N–H and O–H groups in total. The molecule has 0 saturated heterocycles. The molecule has 0 saturated carbocycles. The van der Waals surface area contributed by atoms with Crippen molar-refractivity contribution in [3.8, 4) is 5.75 Å². The van der Waals surface area contributed by atoms with Crippen LogP contribution in [0.2, 0.25) is 0 Å². The van der Waals surface area contributed by atoms with Gasteiger partial charge in [-0.2, -0.15) is 0 Å². The highest BCUT2D eigenvalue weighted by atomic mass is 79.9. The zero-order valence-electron chi connectivity index (χ0n) is 10.2. The number of aliphatic hydroxyl groups excluding tert-OH is 1. The Kier molecular flexibility index (Phi) is 4.04. The minimum Gasteiger partial charge on any atom is -0.506 e. The van der Waals surface area contributed by atoms with E-state index in [9.17, 15) is 10.2 Å². The van der Waals surface area contributed by atoms with E-state index in [1.807, 2.05) is 24.3 Å². The van der Waals surface area contributed by atoms with Gasteiger partial charge in [-0.1, -0.05) is 24.3 Å². The Morgan fingerprint density at radius 3 is 2.50 bits per heavy atom. The topological polar surface area (TPSA) is 40.5 Å². The first-order valence-corrected chi connectivity index (χ1v) is 6.56. The van der Waals surface area contributed by atoms with Gasteiger partial charge in [-0.3, -0.25) is 0 Å². The number of hydrogen-bond donors (Lipinski definition) is 2. The highest BCUT2D eigenvalue weighted by Gasteiger charge is 2.08. The fourth-order valence-electron chi connectivity index (χ4n) is 1.97. The molecule has 0 amide bonds. The van der Waals surface area contributed by atoms with Gasteiger partial charge in [0, 0.05) is 5.56 Å². The molecule has 2 aromatic carbocycles. The molecule has 0 radical (unpaired) electrons. The Balaban J connectivity index is 2.36. The van der Waals surface area contributed by atoms with Crippen LogP contribution in [-0.4, -0.2) is 10.2 Å². The summed E-state index contributed by atoms with van der Waals surface area (Å²) >= 11 is 3.31. The second-order valence-electron chi connectivity index (χ2n) is 4.35. The van der Waals surface area contributed by atoms with Crippen molar-refractivity contribution in [2.75, 3.05) is 0 Å². The molecule has 0 heterocycles. The average Bonchev–Trinajstić information content (AvgIpc) is 2.36. The van der Waals surface area contributed by atoms with E-state index >= 15 is 0 Å². The lowest BCUT2D eigenvalue weighted by Gasteiger charge is -2.10. The molecule has 2 nitrogen and oxygen atoms in total. The first kappa shape index (κ1) is 13.1. The number of aromatic hydroxyl groups is 1. The summed E-state index contributed by atoms with van der Waals surface area (Å²) in [6.45, 7) is 1.92. The second kappa shape index (κ2) is 5.55. The molecule has 0 atom stereocenters. The van der Waals surface area contributed by atoms with Gasteiger partial charge in [0.25, 0.3) is 0 Å². The van der Waals surface area contributed by atoms with Crippen LogP contribution in [0.3, 0.4) is 0 Å². The lowest BCUT2D eigenvalue weighted by molar-refractivity contribution is 0.275. The lowest BCUT2D eigenvalue weighted by atomic mass is 9.99. The number of phenols is 1. The summed E-state index contributed by atoms with van der Waals surface area (Å²) in [6, 6.07) is 11.9. The smallest absolute Gasteiger partial charge is 0.135 e. The van der Waals surface area contributed by atoms with E-state index in [4.69, 9.17) is 0 Å². The van der Waals surface area contributed by atoms with E-state index in [2.05, 4.69) is 35.0 Å². The second-order valence-corrected chi connectivity index (χ2v) is 5.20. The molecule has 0 aliphatic heterocycles. The van der Waals surface area contributed by atoms with Crippen molar-refractivity contribution >= 4 is 15.9 Å². The first-order valence-electron chi connectivity index (χ1n) is 5.77. The van der Waals surface area contributed by atoms with Gasteiger partial charge in [-0.05, 0) is 58.1 Å². The Morgan fingerprint density at radius 1 is 1.11 bits per heavy atom. The van der Waals surface area contributed by atoms with Crippen LogP contribution >= 0.6 is 15.9 Å². The van der Waals surface area contributed by atoms with Gasteiger partial charge in [0.1, 0.15) is 5.75 Å². The maximum Gasteiger partial charge on any atom is 0.135 e. The summed E-state index contributed by atoms with van der Waals surface area (Å²) in [5.41, 5.74) is 4.11. The quantitative estimate of drug-likeness (QED) is 0.910. The van der Waals surface area contributed by atoms with Crippen molar-refractivity contribution in [3.63, 3.8) is 0 Å². The minimum atomic E-state index is -0.161. The fraction of sp³-hybridized carbons (Fsp3) is 0.200. The third-order valence-corrected chi connectivity index (χ3v) is 3.63. The van der Waals surface area contributed by atoms with Crippen molar-refractivity contribution < 1.29 is 10.2 Å². The molecule has 3 heteroatoms. The van der Waals surface area contributed by atoms with Crippen LogP contribution in [0.1, 0.15) is 22.3 Å². The van der Waals surface area contributed by atoms with E-state index < -0.39 is 0 Å². The highest BCUT2D eigenvalue weighted by Crippen LogP contribution is 2.30. The van der Waals surface area contributed by atoms with Gasteiger partial charge >= 0.3 is 0 Å². The van der Waals surface area contributed by atoms with E-state index in [0.29, 0.717) is 10.0 Å². The Morgan fingerprint density at radius 2 is 1.83 bits per heavy atom. The van der Waals surface area contributed by atoms with Crippen LogP contribution in [0.4, 0.5) is 0 Å². The average molecular weight is 307 g/mol. The Hall–Kier alpha value is -1.32. The van der Waals surface area contributed by atoms with E-state index in [0.717, 1.165) is 12.0 Å². The number of hydrogen-bond acceptors (Lipinski definition) is 2.